The highest BCUT2D eigenvalue weighted by Crippen LogP contribution is 2.24. The van der Waals surface area contributed by atoms with Crippen LogP contribution < -0.4 is 5.32 Å². The summed E-state index contributed by atoms with van der Waals surface area (Å²) in [6.45, 7) is 1.67. The number of hydrogen-bond donors (Lipinski definition) is 1. The molecule has 0 unspecified atom stereocenters. The number of thiophene rings is 1. The molecule has 0 saturated heterocycles. The van der Waals surface area contributed by atoms with Crippen molar-refractivity contribution in [2.45, 2.75) is 32.4 Å². The second kappa shape index (κ2) is 4.82. The van der Waals surface area contributed by atoms with Crippen molar-refractivity contribution < 1.29 is 0 Å². The summed E-state index contributed by atoms with van der Waals surface area (Å²) in [5.41, 5.74) is 0. The summed E-state index contributed by atoms with van der Waals surface area (Å²) in [6.07, 6.45) is 5.06. The van der Waals surface area contributed by atoms with Gasteiger partial charge in [0.15, 0.2) is 5.82 Å². The predicted molar refractivity (Wildman–Crippen MR) is 77.7 cm³/mol. The minimum Gasteiger partial charge on any atom is -0.362 e. The van der Waals surface area contributed by atoms with Gasteiger partial charge in [0.25, 0.3) is 0 Å². The maximum Gasteiger partial charge on any atom is 0.152 e. The number of aromatic nitrogens is 5. The van der Waals surface area contributed by atoms with Crippen molar-refractivity contribution in [3.8, 4) is 0 Å². The van der Waals surface area contributed by atoms with Crippen LogP contribution in [0.3, 0.4) is 0 Å². The summed E-state index contributed by atoms with van der Waals surface area (Å²) in [5.74, 6) is 2.96. The van der Waals surface area contributed by atoms with E-state index in [2.05, 4.69) is 30.0 Å². The Morgan fingerprint density at radius 3 is 3.25 bits per heavy atom. The Morgan fingerprint density at radius 1 is 1.25 bits per heavy atom. The van der Waals surface area contributed by atoms with Crippen molar-refractivity contribution in [1.29, 1.82) is 0 Å². The molecule has 6 nitrogen and oxygen atoms in total. The molecule has 0 aromatic carbocycles. The molecule has 102 valence electrons. The van der Waals surface area contributed by atoms with Crippen LogP contribution in [-0.2, 0) is 19.5 Å². The lowest BCUT2D eigenvalue weighted by atomic mass is 10.2. The zero-order valence-corrected chi connectivity index (χ0v) is 11.7. The van der Waals surface area contributed by atoms with Crippen LogP contribution in [0.25, 0.3) is 10.2 Å². The monoisotopic (exact) mass is 286 g/mol. The topological polar surface area (TPSA) is 68.5 Å². The van der Waals surface area contributed by atoms with Crippen LogP contribution in [0.2, 0.25) is 0 Å². The lowest BCUT2D eigenvalue weighted by Crippen LogP contribution is -2.15. The maximum absolute atomic E-state index is 4.32. The zero-order chi connectivity index (χ0) is 13.4. The number of aryl methyl sites for hydroxylation is 1. The van der Waals surface area contributed by atoms with Crippen molar-refractivity contribution in [2.75, 3.05) is 5.32 Å². The third kappa shape index (κ3) is 1.94. The summed E-state index contributed by atoms with van der Waals surface area (Å²) in [4.78, 5) is 9.57. The van der Waals surface area contributed by atoms with E-state index in [0.717, 1.165) is 40.6 Å². The van der Waals surface area contributed by atoms with Gasteiger partial charge < -0.3 is 9.88 Å². The van der Waals surface area contributed by atoms with E-state index in [1.807, 2.05) is 11.4 Å². The molecule has 0 radical (unpaired) electrons. The number of nitrogens with zero attached hydrogens (tertiary/aromatic N) is 5. The van der Waals surface area contributed by atoms with Crippen LogP contribution in [-0.4, -0.2) is 24.7 Å². The fourth-order valence-electron chi connectivity index (χ4n) is 2.59. The summed E-state index contributed by atoms with van der Waals surface area (Å²) in [7, 11) is 0. The van der Waals surface area contributed by atoms with E-state index in [-0.39, 0.29) is 0 Å². The number of hydrogen-bond acceptors (Lipinski definition) is 6. The molecule has 7 heteroatoms. The van der Waals surface area contributed by atoms with E-state index in [1.54, 1.807) is 17.7 Å². The standard InChI is InChI=1S/C13H14N6S/c1-2-5-19-10(3-1)17-18-11(19)7-14-12-9-4-6-20-13(9)16-8-15-12/h4,6,8H,1-3,5,7H2,(H,14,15,16). The lowest BCUT2D eigenvalue weighted by molar-refractivity contribution is 0.509. The van der Waals surface area contributed by atoms with Gasteiger partial charge in [0.1, 0.15) is 22.8 Å². The second-order valence-corrected chi connectivity index (χ2v) is 5.75. The molecule has 0 bridgehead atoms. The number of rotatable bonds is 3. The van der Waals surface area contributed by atoms with Gasteiger partial charge >= 0.3 is 0 Å². The molecule has 3 aromatic rings. The van der Waals surface area contributed by atoms with E-state index >= 15 is 0 Å². The van der Waals surface area contributed by atoms with E-state index in [4.69, 9.17) is 0 Å². The predicted octanol–water partition coefficient (Wildman–Crippen LogP) is 2.23. The molecule has 4 heterocycles. The maximum atomic E-state index is 4.32. The zero-order valence-electron chi connectivity index (χ0n) is 10.9. The Bertz CT molecular complexity index is 746. The van der Waals surface area contributed by atoms with Crippen molar-refractivity contribution in [1.82, 2.24) is 24.7 Å². The molecule has 0 atom stereocenters. The average Bonchev–Trinajstić information content (AvgIpc) is 3.12. The SMILES string of the molecule is c1nc(NCc2nnc3n2CCCC3)c2ccsc2n1. The van der Waals surface area contributed by atoms with Gasteiger partial charge in [-0.05, 0) is 24.3 Å². The Hall–Kier alpha value is -2.02. The van der Waals surface area contributed by atoms with Crippen LogP contribution in [0, 0.1) is 0 Å². The first-order chi connectivity index (χ1) is 9.92. The summed E-state index contributed by atoms with van der Waals surface area (Å²) in [5, 5.41) is 15.0. The Morgan fingerprint density at radius 2 is 2.25 bits per heavy atom. The second-order valence-electron chi connectivity index (χ2n) is 4.86. The molecule has 0 spiro atoms. The molecule has 4 rings (SSSR count). The van der Waals surface area contributed by atoms with E-state index in [9.17, 15) is 0 Å². The minimum absolute atomic E-state index is 0.648. The van der Waals surface area contributed by atoms with E-state index < -0.39 is 0 Å². The number of fused-ring (bicyclic) bond motifs is 2. The molecule has 3 aromatic heterocycles. The van der Waals surface area contributed by atoms with Crippen LogP contribution in [0.15, 0.2) is 17.8 Å². The third-order valence-corrected chi connectivity index (χ3v) is 4.43. The highest BCUT2D eigenvalue weighted by atomic mass is 32.1. The molecule has 1 aliphatic rings. The van der Waals surface area contributed by atoms with Crippen LogP contribution in [0.1, 0.15) is 24.5 Å². The van der Waals surface area contributed by atoms with Gasteiger partial charge in [-0.15, -0.1) is 21.5 Å². The highest BCUT2D eigenvalue weighted by Gasteiger charge is 2.15. The number of anilines is 1. The van der Waals surface area contributed by atoms with E-state index in [0.29, 0.717) is 6.54 Å². The Kier molecular flexibility index (Phi) is 2.84. The van der Waals surface area contributed by atoms with Gasteiger partial charge in [-0.25, -0.2) is 9.97 Å². The quantitative estimate of drug-likeness (QED) is 0.799. The fraction of sp³-hybridized carbons (Fsp3) is 0.385. The van der Waals surface area contributed by atoms with Crippen molar-refractivity contribution in [3.63, 3.8) is 0 Å². The average molecular weight is 286 g/mol. The Labute approximate surface area is 119 Å². The van der Waals surface area contributed by atoms with Gasteiger partial charge in [0.2, 0.25) is 0 Å². The van der Waals surface area contributed by atoms with Gasteiger partial charge in [0.05, 0.1) is 11.9 Å². The lowest BCUT2D eigenvalue weighted by Gasteiger charge is -2.15. The van der Waals surface area contributed by atoms with Crippen LogP contribution in [0.4, 0.5) is 5.82 Å². The largest absolute Gasteiger partial charge is 0.362 e. The molecule has 0 amide bonds. The van der Waals surface area contributed by atoms with Crippen molar-refractivity contribution in [3.05, 3.63) is 29.4 Å². The molecule has 0 fully saturated rings. The first kappa shape index (κ1) is 11.8. The smallest absolute Gasteiger partial charge is 0.152 e. The first-order valence-electron chi connectivity index (χ1n) is 6.75. The minimum atomic E-state index is 0.648. The highest BCUT2D eigenvalue weighted by molar-refractivity contribution is 7.16. The van der Waals surface area contributed by atoms with Crippen molar-refractivity contribution in [2.24, 2.45) is 0 Å². The first-order valence-corrected chi connectivity index (χ1v) is 7.63. The molecular weight excluding hydrogens is 272 g/mol. The molecule has 1 aliphatic heterocycles. The van der Waals surface area contributed by atoms with Gasteiger partial charge in [-0.1, -0.05) is 0 Å². The van der Waals surface area contributed by atoms with Gasteiger partial charge in [-0.3, -0.25) is 0 Å². The molecular formula is C13H14N6S. The number of nitrogens with one attached hydrogen (secondary N) is 1. The Balaban J connectivity index is 1.58. The normalized spacial score (nSPS) is 14.4. The molecule has 0 aliphatic carbocycles. The third-order valence-electron chi connectivity index (χ3n) is 3.61. The fourth-order valence-corrected chi connectivity index (χ4v) is 3.33. The summed E-state index contributed by atoms with van der Waals surface area (Å²) < 4.78 is 2.22. The molecule has 0 saturated carbocycles. The molecule has 1 N–H and O–H groups in total. The van der Waals surface area contributed by atoms with Crippen molar-refractivity contribution >= 4 is 27.4 Å². The van der Waals surface area contributed by atoms with Gasteiger partial charge in [0, 0.05) is 13.0 Å². The summed E-state index contributed by atoms with van der Waals surface area (Å²) in [6, 6.07) is 2.04. The van der Waals surface area contributed by atoms with Crippen LogP contribution in [0.5, 0.6) is 0 Å². The molecule has 20 heavy (non-hydrogen) atoms. The van der Waals surface area contributed by atoms with Gasteiger partial charge in [-0.2, -0.15) is 0 Å². The summed E-state index contributed by atoms with van der Waals surface area (Å²) >= 11 is 1.62. The van der Waals surface area contributed by atoms with Crippen LogP contribution >= 0.6 is 11.3 Å². The van der Waals surface area contributed by atoms with E-state index in [1.165, 1.54) is 12.8 Å².